The van der Waals surface area contributed by atoms with Gasteiger partial charge in [0, 0.05) is 11.6 Å². The zero-order valence-electron chi connectivity index (χ0n) is 11.7. The van der Waals surface area contributed by atoms with Crippen LogP contribution in [0.1, 0.15) is 17.9 Å². The van der Waals surface area contributed by atoms with E-state index in [1.807, 2.05) is 31.2 Å². The minimum atomic E-state index is -2.87. The molecule has 1 unspecified atom stereocenters. The SMILES string of the molecule is Cc1ccc(-c2nnc(CNC3CCS(=O)(=O)C3)o2)cc1. The first-order chi connectivity index (χ1) is 10.0. The number of aromatic nitrogens is 2. The minimum Gasteiger partial charge on any atom is -0.419 e. The van der Waals surface area contributed by atoms with Crippen molar-refractivity contribution in [2.45, 2.75) is 25.9 Å². The van der Waals surface area contributed by atoms with E-state index < -0.39 is 9.84 Å². The fraction of sp³-hybridized carbons (Fsp3) is 0.429. The predicted molar refractivity (Wildman–Crippen MR) is 78.4 cm³/mol. The Labute approximate surface area is 123 Å². The van der Waals surface area contributed by atoms with Gasteiger partial charge in [0.05, 0.1) is 18.1 Å². The topological polar surface area (TPSA) is 85.1 Å². The maximum atomic E-state index is 11.4. The van der Waals surface area contributed by atoms with Crippen molar-refractivity contribution >= 4 is 9.84 Å². The van der Waals surface area contributed by atoms with Gasteiger partial charge in [-0.25, -0.2) is 8.42 Å². The van der Waals surface area contributed by atoms with Crippen molar-refractivity contribution in [1.29, 1.82) is 0 Å². The maximum absolute atomic E-state index is 11.4. The summed E-state index contributed by atoms with van der Waals surface area (Å²) in [6, 6.07) is 7.82. The molecule has 0 amide bonds. The number of hydrogen-bond acceptors (Lipinski definition) is 6. The van der Waals surface area contributed by atoms with Crippen LogP contribution >= 0.6 is 0 Å². The van der Waals surface area contributed by atoms with E-state index in [0.29, 0.717) is 24.7 Å². The second-order valence-corrected chi connectivity index (χ2v) is 7.58. The lowest BCUT2D eigenvalue weighted by Crippen LogP contribution is -2.29. The second kappa shape index (κ2) is 5.57. The molecule has 2 aromatic rings. The van der Waals surface area contributed by atoms with E-state index >= 15 is 0 Å². The highest BCUT2D eigenvalue weighted by Gasteiger charge is 2.27. The number of benzene rings is 1. The Hall–Kier alpha value is -1.73. The summed E-state index contributed by atoms with van der Waals surface area (Å²) in [6.07, 6.45) is 0.640. The Morgan fingerprint density at radius 2 is 2.05 bits per heavy atom. The Kier molecular flexibility index (Phi) is 3.77. The average Bonchev–Trinajstić information content (AvgIpc) is 3.04. The van der Waals surface area contributed by atoms with Crippen molar-refractivity contribution in [2.75, 3.05) is 11.5 Å². The Morgan fingerprint density at radius 3 is 2.71 bits per heavy atom. The molecule has 1 aromatic carbocycles. The van der Waals surface area contributed by atoms with Gasteiger partial charge >= 0.3 is 0 Å². The fourth-order valence-corrected chi connectivity index (χ4v) is 4.03. The summed E-state index contributed by atoms with van der Waals surface area (Å²) in [7, 11) is -2.87. The number of nitrogens with one attached hydrogen (secondary N) is 1. The van der Waals surface area contributed by atoms with Gasteiger partial charge in [0.15, 0.2) is 9.84 Å². The van der Waals surface area contributed by atoms with Crippen LogP contribution in [-0.4, -0.2) is 36.2 Å². The number of sulfone groups is 1. The highest BCUT2D eigenvalue weighted by atomic mass is 32.2. The zero-order valence-corrected chi connectivity index (χ0v) is 12.6. The minimum absolute atomic E-state index is 0.0234. The van der Waals surface area contributed by atoms with Crippen LogP contribution in [0.5, 0.6) is 0 Å². The summed E-state index contributed by atoms with van der Waals surface area (Å²) in [5, 5.41) is 11.2. The molecule has 1 N–H and O–H groups in total. The molecule has 0 radical (unpaired) electrons. The molecule has 0 saturated carbocycles. The summed E-state index contributed by atoms with van der Waals surface area (Å²) < 4.78 is 28.3. The van der Waals surface area contributed by atoms with Crippen molar-refractivity contribution in [3.05, 3.63) is 35.7 Å². The van der Waals surface area contributed by atoms with Crippen molar-refractivity contribution in [1.82, 2.24) is 15.5 Å². The predicted octanol–water partition coefficient (Wildman–Crippen LogP) is 1.32. The number of aryl methyl sites for hydroxylation is 1. The zero-order chi connectivity index (χ0) is 14.9. The van der Waals surface area contributed by atoms with E-state index in [0.717, 1.165) is 5.56 Å². The van der Waals surface area contributed by atoms with Gasteiger partial charge in [-0.05, 0) is 25.5 Å². The monoisotopic (exact) mass is 307 g/mol. The highest BCUT2D eigenvalue weighted by molar-refractivity contribution is 7.91. The van der Waals surface area contributed by atoms with Crippen LogP contribution in [0.2, 0.25) is 0 Å². The van der Waals surface area contributed by atoms with Crippen LogP contribution in [0.25, 0.3) is 11.5 Å². The lowest BCUT2D eigenvalue weighted by atomic mass is 10.1. The van der Waals surface area contributed by atoms with Crippen molar-refractivity contribution in [3.8, 4) is 11.5 Å². The number of hydrogen-bond donors (Lipinski definition) is 1. The molecule has 0 bridgehead atoms. The number of nitrogens with zero attached hydrogens (tertiary/aromatic N) is 2. The molecule has 112 valence electrons. The summed E-state index contributed by atoms with van der Waals surface area (Å²) in [6.45, 7) is 2.40. The van der Waals surface area contributed by atoms with E-state index in [1.54, 1.807) is 0 Å². The number of rotatable bonds is 4. The third-order valence-electron chi connectivity index (χ3n) is 3.54. The third kappa shape index (κ3) is 3.48. The molecular weight excluding hydrogens is 290 g/mol. The average molecular weight is 307 g/mol. The fourth-order valence-electron chi connectivity index (χ4n) is 2.33. The molecule has 3 rings (SSSR count). The third-order valence-corrected chi connectivity index (χ3v) is 5.31. The van der Waals surface area contributed by atoms with Crippen LogP contribution in [0.15, 0.2) is 28.7 Å². The van der Waals surface area contributed by atoms with Crippen LogP contribution in [0.3, 0.4) is 0 Å². The van der Waals surface area contributed by atoms with E-state index in [4.69, 9.17) is 4.42 Å². The molecule has 6 nitrogen and oxygen atoms in total. The normalized spacial score (nSPS) is 20.7. The second-order valence-electron chi connectivity index (χ2n) is 5.35. The quantitative estimate of drug-likeness (QED) is 0.917. The standard InChI is InChI=1S/C14H17N3O3S/c1-10-2-4-11(5-3-10)14-17-16-13(20-14)8-15-12-6-7-21(18,19)9-12/h2-5,12,15H,6-9H2,1H3. The van der Waals surface area contributed by atoms with E-state index in [-0.39, 0.29) is 17.5 Å². The van der Waals surface area contributed by atoms with Crippen LogP contribution in [0.4, 0.5) is 0 Å². The van der Waals surface area contributed by atoms with Crippen molar-refractivity contribution < 1.29 is 12.8 Å². The molecular formula is C14H17N3O3S. The highest BCUT2D eigenvalue weighted by Crippen LogP contribution is 2.18. The Balaban J connectivity index is 1.62. The van der Waals surface area contributed by atoms with Gasteiger partial charge in [0.1, 0.15) is 0 Å². The molecule has 1 atom stereocenters. The molecule has 1 saturated heterocycles. The van der Waals surface area contributed by atoms with Crippen molar-refractivity contribution in [3.63, 3.8) is 0 Å². The van der Waals surface area contributed by atoms with E-state index in [1.165, 1.54) is 5.56 Å². The van der Waals surface area contributed by atoms with Crippen LogP contribution in [-0.2, 0) is 16.4 Å². The molecule has 0 spiro atoms. The Bertz CT molecular complexity index is 722. The smallest absolute Gasteiger partial charge is 0.247 e. The first-order valence-corrected chi connectivity index (χ1v) is 8.67. The molecule has 2 heterocycles. The van der Waals surface area contributed by atoms with Crippen LogP contribution in [0, 0.1) is 6.92 Å². The van der Waals surface area contributed by atoms with Gasteiger partial charge in [-0.15, -0.1) is 10.2 Å². The van der Waals surface area contributed by atoms with Gasteiger partial charge in [-0.2, -0.15) is 0 Å². The summed E-state index contributed by atoms with van der Waals surface area (Å²) in [4.78, 5) is 0. The van der Waals surface area contributed by atoms with Gasteiger partial charge < -0.3 is 9.73 Å². The van der Waals surface area contributed by atoms with E-state index in [2.05, 4.69) is 15.5 Å². The summed E-state index contributed by atoms with van der Waals surface area (Å²) in [5.41, 5.74) is 2.05. The van der Waals surface area contributed by atoms with Gasteiger partial charge in [0.2, 0.25) is 11.8 Å². The molecule has 1 aliphatic rings. The first kappa shape index (κ1) is 14.2. The van der Waals surface area contributed by atoms with Gasteiger partial charge in [0.25, 0.3) is 0 Å². The molecule has 1 fully saturated rings. The first-order valence-electron chi connectivity index (χ1n) is 6.85. The lowest BCUT2D eigenvalue weighted by Gasteiger charge is -2.07. The summed E-state index contributed by atoms with van der Waals surface area (Å²) >= 11 is 0. The largest absolute Gasteiger partial charge is 0.419 e. The Morgan fingerprint density at radius 1 is 1.29 bits per heavy atom. The van der Waals surface area contributed by atoms with Crippen molar-refractivity contribution in [2.24, 2.45) is 0 Å². The summed E-state index contributed by atoms with van der Waals surface area (Å²) in [5.74, 6) is 1.38. The maximum Gasteiger partial charge on any atom is 0.247 e. The molecule has 0 aliphatic carbocycles. The molecule has 7 heteroatoms. The lowest BCUT2D eigenvalue weighted by molar-refractivity contribution is 0.451. The van der Waals surface area contributed by atoms with Gasteiger partial charge in [-0.1, -0.05) is 17.7 Å². The van der Waals surface area contributed by atoms with E-state index in [9.17, 15) is 8.42 Å². The molecule has 1 aromatic heterocycles. The van der Waals surface area contributed by atoms with Gasteiger partial charge in [-0.3, -0.25) is 0 Å². The van der Waals surface area contributed by atoms with Crippen LogP contribution < -0.4 is 5.32 Å². The molecule has 1 aliphatic heterocycles. The molecule has 21 heavy (non-hydrogen) atoms.